The van der Waals surface area contributed by atoms with Gasteiger partial charge >= 0.3 is 0 Å². The first kappa shape index (κ1) is 12.0. The molecule has 0 saturated carbocycles. The maximum absolute atomic E-state index is 12.2. The number of rotatable bonds is 3. The van der Waals surface area contributed by atoms with Gasteiger partial charge in [0.2, 0.25) is 0 Å². The summed E-state index contributed by atoms with van der Waals surface area (Å²) in [5.41, 5.74) is 3.30. The number of fused-ring (bicyclic) bond motifs is 1. The Morgan fingerprint density at radius 2 is 2.21 bits per heavy atom. The number of hydrogen-bond donors (Lipinski definition) is 3. The van der Waals surface area contributed by atoms with Gasteiger partial charge in [0.05, 0.1) is 11.9 Å². The predicted octanol–water partition coefficient (Wildman–Crippen LogP) is 1.49. The normalized spacial score (nSPS) is 13.9. The highest BCUT2D eigenvalue weighted by Gasteiger charge is 2.19. The van der Waals surface area contributed by atoms with E-state index in [1.807, 2.05) is 12.1 Å². The molecule has 0 aliphatic carbocycles. The molecule has 0 saturated heterocycles. The fourth-order valence-electron chi connectivity index (χ4n) is 2.19. The summed E-state index contributed by atoms with van der Waals surface area (Å²) in [5.74, 6) is 0. The standard InChI is InChI=1S/C12H14N4O2S/c1-8-12(7-14-15-8)19(17,18)16-10-2-3-11-9(6-10)4-5-13-11/h2-3,6-7,13,16H,4-5H2,1H3,(H,14,15). The Labute approximate surface area is 111 Å². The van der Waals surface area contributed by atoms with Gasteiger partial charge < -0.3 is 5.32 Å². The minimum Gasteiger partial charge on any atom is -0.384 e. The van der Waals surface area contributed by atoms with Crippen molar-refractivity contribution in [3.05, 3.63) is 35.7 Å². The van der Waals surface area contributed by atoms with Crippen molar-refractivity contribution < 1.29 is 8.42 Å². The minimum absolute atomic E-state index is 0.172. The van der Waals surface area contributed by atoms with Crippen LogP contribution in [0.1, 0.15) is 11.3 Å². The lowest BCUT2D eigenvalue weighted by atomic mass is 10.1. The number of aryl methyl sites for hydroxylation is 1. The highest BCUT2D eigenvalue weighted by Crippen LogP contribution is 2.26. The van der Waals surface area contributed by atoms with Gasteiger partial charge in [0, 0.05) is 17.9 Å². The van der Waals surface area contributed by atoms with Crippen LogP contribution in [-0.4, -0.2) is 25.2 Å². The van der Waals surface area contributed by atoms with Crippen molar-refractivity contribution in [2.24, 2.45) is 0 Å². The highest BCUT2D eigenvalue weighted by atomic mass is 32.2. The molecule has 6 nitrogen and oxygen atoms in total. The molecule has 2 heterocycles. The zero-order valence-electron chi connectivity index (χ0n) is 10.4. The maximum atomic E-state index is 12.2. The Hall–Kier alpha value is -2.02. The number of H-pyrrole nitrogens is 1. The number of anilines is 2. The van der Waals surface area contributed by atoms with E-state index < -0.39 is 10.0 Å². The first-order chi connectivity index (χ1) is 9.06. The van der Waals surface area contributed by atoms with Crippen LogP contribution in [0, 0.1) is 6.92 Å². The van der Waals surface area contributed by atoms with E-state index in [1.165, 1.54) is 6.20 Å². The topological polar surface area (TPSA) is 86.9 Å². The Morgan fingerprint density at radius 1 is 1.37 bits per heavy atom. The summed E-state index contributed by atoms with van der Waals surface area (Å²) in [6, 6.07) is 5.51. The molecule has 0 atom stereocenters. The molecular formula is C12H14N4O2S. The fourth-order valence-corrected chi connectivity index (χ4v) is 3.38. The Balaban J connectivity index is 1.91. The Bertz CT molecular complexity index is 721. The average molecular weight is 278 g/mol. The number of nitrogens with one attached hydrogen (secondary N) is 3. The van der Waals surface area contributed by atoms with E-state index >= 15 is 0 Å². The van der Waals surface area contributed by atoms with Crippen molar-refractivity contribution in [3.8, 4) is 0 Å². The molecule has 0 radical (unpaired) electrons. The van der Waals surface area contributed by atoms with Crippen LogP contribution in [0.5, 0.6) is 0 Å². The summed E-state index contributed by atoms with van der Waals surface area (Å²) in [4.78, 5) is 0.172. The van der Waals surface area contributed by atoms with E-state index in [0.29, 0.717) is 11.4 Å². The first-order valence-electron chi connectivity index (χ1n) is 5.96. The van der Waals surface area contributed by atoms with Gasteiger partial charge in [0.15, 0.2) is 0 Å². The van der Waals surface area contributed by atoms with Gasteiger partial charge in [-0.15, -0.1) is 0 Å². The van der Waals surface area contributed by atoms with Gasteiger partial charge in [-0.05, 0) is 37.1 Å². The summed E-state index contributed by atoms with van der Waals surface area (Å²) in [6.45, 7) is 2.57. The van der Waals surface area contributed by atoms with Crippen LogP contribution in [0.4, 0.5) is 11.4 Å². The first-order valence-corrected chi connectivity index (χ1v) is 7.44. The zero-order chi connectivity index (χ0) is 13.5. The molecule has 2 aromatic rings. The smallest absolute Gasteiger partial charge is 0.265 e. The van der Waals surface area contributed by atoms with Gasteiger partial charge in [-0.3, -0.25) is 9.82 Å². The SMILES string of the molecule is Cc1[nH]ncc1S(=O)(=O)Nc1ccc2c(c1)CCN2. The van der Waals surface area contributed by atoms with Crippen molar-refractivity contribution in [2.45, 2.75) is 18.2 Å². The summed E-state index contributed by atoms with van der Waals surface area (Å²) < 4.78 is 27.0. The fraction of sp³-hybridized carbons (Fsp3) is 0.250. The highest BCUT2D eigenvalue weighted by molar-refractivity contribution is 7.92. The number of nitrogens with zero attached hydrogens (tertiary/aromatic N) is 1. The molecule has 0 bridgehead atoms. The molecule has 1 aliphatic heterocycles. The zero-order valence-corrected chi connectivity index (χ0v) is 11.2. The van der Waals surface area contributed by atoms with E-state index in [0.717, 1.165) is 24.2 Å². The van der Waals surface area contributed by atoms with Crippen LogP contribution < -0.4 is 10.0 Å². The van der Waals surface area contributed by atoms with Crippen LogP contribution >= 0.6 is 0 Å². The molecule has 100 valence electrons. The van der Waals surface area contributed by atoms with E-state index in [4.69, 9.17) is 0 Å². The summed E-state index contributed by atoms with van der Waals surface area (Å²) in [6.07, 6.45) is 2.22. The Kier molecular flexibility index (Phi) is 2.70. The third kappa shape index (κ3) is 2.17. The van der Waals surface area contributed by atoms with Gasteiger partial charge in [-0.1, -0.05) is 0 Å². The molecule has 0 fully saturated rings. The molecule has 0 amide bonds. The molecule has 0 spiro atoms. The van der Waals surface area contributed by atoms with E-state index in [-0.39, 0.29) is 4.90 Å². The average Bonchev–Trinajstić information content (AvgIpc) is 2.96. The van der Waals surface area contributed by atoms with Crippen molar-refractivity contribution >= 4 is 21.4 Å². The quantitative estimate of drug-likeness (QED) is 0.794. The number of hydrogen-bond acceptors (Lipinski definition) is 4. The number of aromatic nitrogens is 2. The Morgan fingerprint density at radius 3 is 2.95 bits per heavy atom. The van der Waals surface area contributed by atoms with Crippen LogP contribution in [0.15, 0.2) is 29.3 Å². The van der Waals surface area contributed by atoms with Crippen molar-refractivity contribution in [2.75, 3.05) is 16.6 Å². The lowest BCUT2D eigenvalue weighted by Gasteiger charge is -2.08. The molecule has 1 aromatic heterocycles. The maximum Gasteiger partial charge on any atom is 0.265 e. The van der Waals surface area contributed by atoms with Crippen molar-refractivity contribution in [1.29, 1.82) is 0 Å². The molecule has 0 unspecified atom stereocenters. The van der Waals surface area contributed by atoms with E-state index in [2.05, 4.69) is 20.2 Å². The van der Waals surface area contributed by atoms with Crippen LogP contribution in [0.25, 0.3) is 0 Å². The molecule has 19 heavy (non-hydrogen) atoms. The van der Waals surface area contributed by atoms with Gasteiger partial charge in [0.1, 0.15) is 4.90 Å². The summed E-state index contributed by atoms with van der Waals surface area (Å²) in [5, 5.41) is 9.59. The molecule has 1 aliphatic rings. The molecule has 1 aromatic carbocycles. The van der Waals surface area contributed by atoms with Crippen molar-refractivity contribution in [3.63, 3.8) is 0 Å². The monoisotopic (exact) mass is 278 g/mol. The molecule has 3 rings (SSSR count). The summed E-state index contributed by atoms with van der Waals surface area (Å²) in [7, 11) is -3.58. The molecular weight excluding hydrogens is 264 g/mol. The van der Waals surface area contributed by atoms with Gasteiger partial charge in [0.25, 0.3) is 10.0 Å². The van der Waals surface area contributed by atoms with Crippen LogP contribution in [-0.2, 0) is 16.4 Å². The minimum atomic E-state index is -3.58. The lowest BCUT2D eigenvalue weighted by molar-refractivity contribution is 0.600. The summed E-state index contributed by atoms with van der Waals surface area (Å²) >= 11 is 0. The number of benzene rings is 1. The largest absolute Gasteiger partial charge is 0.384 e. The van der Waals surface area contributed by atoms with Gasteiger partial charge in [-0.25, -0.2) is 8.42 Å². The molecule has 7 heteroatoms. The van der Waals surface area contributed by atoms with Gasteiger partial charge in [-0.2, -0.15) is 5.10 Å². The predicted molar refractivity (Wildman–Crippen MR) is 72.8 cm³/mol. The third-order valence-corrected chi connectivity index (χ3v) is 4.64. The third-order valence-electron chi connectivity index (χ3n) is 3.14. The number of sulfonamides is 1. The van der Waals surface area contributed by atoms with Crippen LogP contribution in [0.3, 0.4) is 0 Å². The number of aromatic amines is 1. The van der Waals surface area contributed by atoms with E-state index in [1.54, 1.807) is 13.0 Å². The lowest BCUT2D eigenvalue weighted by Crippen LogP contribution is -2.13. The second kappa shape index (κ2) is 4.27. The second-order valence-corrected chi connectivity index (χ2v) is 6.16. The van der Waals surface area contributed by atoms with Crippen LogP contribution in [0.2, 0.25) is 0 Å². The second-order valence-electron chi connectivity index (χ2n) is 4.51. The van der Waals surface area contributed by atoms with E-state index in [9.17, 15) is 8.42 Å². The molecule has 3 N–H and O–H groups in total. The van der Waals surface area contributed by atoms with Crippen molar-refractivity contribution in [1.82, 2.24) is 10.2 Å².